The van der Waals surface area contributed by atoms with E-state index in [0.29, 0.717) is 18.7 Å². The molecule has 5 nitrogen and oxygen atoms in total. The fraction of sp³-hybridized carbons (Fsp3) is 0.750. The van der Waals surface area contributed by atoms with E-state index in [0.717, 1.165) is 0 Å². The van der Waals surface area contributed by atoms with Gasteiger partial charge in [0.15, 0.2) is 5.54 Å². The Morgan fingerprint density at radius 2 is 2.57 bits per heavy atom. The highest BCUT2D eigenvalue weighted by atomic mass is 35.5. The lowest BCUT2D eigenvalue weighted by Gasteiger charge is -2.17. The predicted octanol–water partition coefficient (Wildman–Crippen LogP) is 0.934. The van der Waals surface area contributed by atoms with E-state index in [2.05, 4.69) is 5.32 Å². The number of alkyl halides is 1. The third-order valence-electron chi connectivity index (χ3n) is 2.13. The number of halogens is 1. The Balaban J connectivity index is 2.58. The second-order valence-electron chi connectivity index (χ2n) is 3.24. The number of nitriles is 1. The van der Waals surface area contributed by atoms with Crippen LogP contribution in [-0.2, 0) is 4.74 Å². The van der Waals surface area contributed by atoms with Crippen LogP contribution < -0.4 is 5.32 Å². The summed E-state index contributed by atoms with van der Waals surface area (Å²) in [6.07, 6.45) is -0.338. The first-order valence-electron chi connectivity index (χ1n) is 4.22. The van der Waals surface area contributed by atoms with Crippen LogP contribution in [0, 0.1) is 11.3 Å². The first-order valence-corrected chi connectivity index (χ1v) is 4.75. The normalized spacial score (nSPS) is 31.0. The van der Waals surface area contributed by atoms with E-state index in [1.807, 2.05) is 6.07 Å². The number of amides is 1. The summed E-state index contributed by atoms with van der Waals surface area (Å²) < 4.78 is 5.27. The van der Waals surface area contributed by atoms with E-state index < -0.39 is 11.6 Å². The third kappa shape index (κ3) is 2.50. The van der Waals surface area contributed by atoms with Gasteiger partial charge in [-0.25, -0.2) is 4.79 Å². The molecule has 0 spiro atoms. The van der Waals surface area contributed by atoms with E-state index in [-0.39, 0.29) is 12.7 Å². The summed E-state index contributed by atoms with van der Waals surface area (Å²) in [5.74, 6) is 0.444. The van der Waals surface area contributed by atoms with Gasteiger partial charge in [0, 0.05) is 12.3 Å². The molecule has 1 aliphatic heterocycles. The summed E-state index contributed by atoms with van der Waals surface area (Å²) >= 11 is 5.52. The smallest absolute Gasteiger partial charge is 0.406 e. The maximum atomic E-state index is 10.4. The molecule has 1 saturated heterocycles. The van der Waals surface area contributed by atoms with Gasteiger partial charge >= 0.3 is 6.09 Å². The standard InChI is InChI=1S/C8H11ClN2O3/c9-2-1-6-3-8(4-10,5-14-6)11-7(12)13/h6,11H,1-3,5H2,(H,12,13). The summed E-state index contributed by atoms with van der Waals surface area (Å²) in [6, 6.07) is 1.94. The van der Waals surface area contributed by atoms with Crippen molar-refractivity contribution in [2.45, 2.75) is 24.5 Å². The molecular formula is C8H11ClN2O3. The summed E-state index contributed by atoms with van der Waals surface area (Å²) in [4.78, 5) is 10.4. The van der Waals surface area contributed by atoms with Crippen molar-refractivity contribution in [3.05, 3.63) is 0 Å². The number of hydrogen-bond acceptors (Lipinski definition) is 3. The average molecular weight is 219 g/mol. The predicted molar refractivity (Wildman–Crippen MR) is 49.2 cm³/mol. The van der Waals surface area contributed by atoms with Crippen molar-refractivity contribution in [3.8, 4) is 6.07 Å². The number of carboxylic acid groups (broad SMARTS) is 1. The molecular weight excluding hydrogens is 208 g/mol. The molecule has 0 bridgehead atoms. The molecule has 14 heavy (non-hydrogen) atoms. The molecule has 0 saturated carbocycles. The minimum absolute atomic E-state index is 0.0946. The lowest BCUT2D eigenvalue weighted by Crippen LogP contribution is -2.47. The Bertz CT molecular complexity index is 266. The summed E-state index contributed by atoms with van der Waals surface area (Å²) in [5, 5.41) is 19.6. The molecule has 1 fully saturated rings. The van der Waals surface area contributed by atoms with Crippen molar-refractivity contribution in [1.82, 2.24) is 5.32 Å². The van der Waals surface area contributed by atoms with Crippen molar-refractivity contribution in [2.75, 3.05) is 12.5 Å². The van der Waals surface area contributed by atoms with Crippen LogP contribution in [0.2, 0.25) is 0 Å². The zero-order chi connectivity index (χ0) is 10.6. The van der Waals surface area contributed by atoms with Crippen molar-refractivity contribution < 1.29 is 14.6 Å². The Hall–Kier alpha value is -0.990. The highest BCUT2D eigenvalue weighted by Gasteiger charge is 2.41. The number of nitrogens with one attached hydrogen (secondary N) is 1. The molecule has 78 valence electrons. The minimum atomic E-state index is -1.21. The molecule has 0 radical (unpaired) electrons. The maximum absolute atomic E-state index is 10.4. The lowest BCUT2D eigenvalue weighted by molar-refractivity contribution is 0.102. The minimum Gasteiger partial charge on any atom is -0.465 e. The van der Waals surface area contributed by atoms with Gasteiger partial charge in [0.05, 0.1) is 18.8 Å². The third-order valence-corrected chi connectivity index (χ3v) is 2.35. The zero-order valence-electron chi connectivity index (χ0n) is 7.49. The first-order chi connectivity index (χ1) is 6.62. The second-order valence-corrected chi connectivity index (χ2v) is 3.62. The molecule has 6 heteroatoms. The molecule has 1 amide bonds. The topological polar surface area (TPSA) is 82.4 Å². The van der Waals surface area contributed by atoms with Crippen molar-refractivity contribution in [2.24, 2.45) is 0 Å². The van der Waals surface area contributed by atoms with Crippen LogP contribution in [-0.4, -0.2) is 35.3 Å². The van der Waals surface area contributed by atoms with Crippen molar-refractivity contribution in [1.29, 1.82) is 5.26 Å². The van der Waals surface area contributed by atoms with Gasteiger partial charge in [-0.15, -0.1) is 11.6 Å². The Morgan fingerprint density at radius 3 is 3.07 bits per heavy atom. The number of rotatable bonds is 3. The highest BCUT2D eigenvalue weighted by molar-refractivity contribution is 6.17. The summed E-state index contributed by atoms with van der Waals surface area (Å²) in [6.45, 7) is 0.0946. The summed E-state index contributed by atoms with van der Waals surface area (Å²) in [5.41, 5.74) is -1.09. The fourth-order valence-electron chi connectivity index (χ4n) is 1.47. The van der Waals surface area contributed by atoms with Gasteiger partial charge in [-0.1, -0.05) is 0 Å². The van der Waals surface area contributed by atoms with Gasteiger partial charge in [0.1, 0.15) is 0 Å². The molecule has 2 atom stereocenters. The molecule has 0 aromatic carbocycles. The van der Waals surface area contributed by atoms with Gasteiger partial charge in [-0.2, -0.15) is 5.26 Å². The van der Waals surface area contributed by atoms with E-state index in [1.165, 1.54) is 0 Å². The average Bonchev–Trinajstić information content (AvgIpc) is 2.49. The highest BCUT2D eigenvalue weighted by Crippen LogP contribution is 2.25. The van der Waals surface area contributed by atoms with Gasteiger partial charge in [0.25, 0.3) is 0 Å². The van der Waals surface area contributed by atoms with E-state index >= 15 is 0 Å². The Kier molecular flexibility index (Phi) is 3.55. The van der Waals surface area contributed by atoms with E-state index in [1.54, 1.807) is 0 Å². The van der Waals surface area contributed by atoms with E-state index in [4.69, 9.17) is 26.7 Å². The maximum Gasteiger partial charge on any atom is 0.406 e. The van der Waals surface area contributed by atoms with Crippen LogP contribution in [0.5, 0.6) is 0 Å². The van der Waals surface area contributed by atoms with Gasteiger partial charge in [0.2, 0.25) is 0 Å². The molecule has 0 aliphatic carbocycles. The number of hydrogen-bond donors (Lipinski definition) is 2. The molecule has 2 N–H and O–H groups in total. The van der Waals surface area contributed by atoms with Crippen molar-refractivity contribution in [3.63, 3.8) is 0 Å². The van der Waals surface area contributed by atoms with Crippen LogP contribution in [0.15, 0.2) is 0 Å². The Morgan fingerprint density at radius 1 is 1.86 bits per heavy atom. The SMILES string of the molecule is N#CC1(NC(=O)O)COC(CCCl)C1. The van der Waals surface area contributed by atoms with Crippen LogP contribution in [0.3, 0.4) is 0 Å². The zero-order valence-corrected chi connectivity index (χ0v) is 8.25. The van der Waals surface area contributed by atoms with Crippen molar-refractivity contribution >= 4 is 17.7 Å². The van der Waals surface area contributed by atoms with Gasteiger partial charge in [-0.3, -0.25) is 0 Å². The number of carbonyl (C=O) groups is 1. The monoisotopic (exact) mass is 218 g/mol. The fourth-order valence-corrected chi connectivity index (χ4v) is 1.71. The molecule has 0 aromatic heterocycles. The van der Waals surface area contributed by atoms with E-state index in [9.17, 15) is 4.79 Å². The van der Waals surface area contributed by atoms with Gasteiger partial charge < -0.3 is 15.2 Å². The molecule has 2 unspecified atom stereocenters. The van der Waals surface area contributed by atoms with Crippen LogP contribution in [0.4, 0.5) is 4.79 Å². The van der Waals surface area contributed by atoms with Crippen LogP contribution in [0.25, 0.3) is 0 Å². The molecule has 1 aliphatic rings. The lowest BCUT2D eigenvalue weighted by atomic mass is 9.97. The summed E-state index contributed by atoms with van der Waals surface area (Å²) in [7, 11) is 0. The second kappa shape index (κ2) is 4.49. The quantitative estimate of drug-likeness (QED) is 0.691. The molecule has 0 aromatic rings. The largest absolute Gasteiger partial charge is 0.465 e. The Labute approximate surface area is 86.6 Å². The number of ether oxygens (including phenoxy) is 1. The first kappa shape index (κ1) is 11.1. The molecule has 1 heterocycles. The molecule has 1 rings (SSSR count). The number of nitrogens with zero attached hydrogens (tertiary/aromatic N) is 1. The van der Waals surface area contributed by atoms with Crippen LogP contribution >= 0.6 is 11.6 Å². The van der Waals surface area contributed by atoms with Gasteiger partial charge in [-0.05, 0) is 6.42 Å². The van der Waals surface area contributed by atoms with Crippen LogP contribution in [0.1, 0.15) is 12.8 Å².